The zero-order chi connectivity index (χ0) is 24.3. The van der Waals surface area contributed by atoms with Gasteiger partial charge in [-0.05, 0) is 41.0 Å². The van der Waals surface area contributed by atoms with Crippen molar-refractivity contribution in [2.75, 3.05) is 20.3 Å². The molecule has 0 aliphatic heterocycles. The molecule has 0 aromatic heterocycles. The smallest absolute Gasteiger partial charge is 0.333 e. The predicted octanol–water partition coefficient (Wildman–Crippen LogP) is 3.42. The number of hydrogen-bond donors (Lipinski definition) is 3. The Labute approximate surface area is 198 Å². The molecule has 0 aliphatic rings. The average molecular weight is 464 g/mol. The minimum absolute atomic E-state index is 0.298. The van der Waals surface area contributed by atoms with Crippen LogP contribution in [0.5, 0.6) is 11.5 Å². The van der Waals surface area contributed by atoms with Gasteiger partial charge in [0.25, 0.3) is 0 Å². The number of carboxylic acids is 1. The van der Waals surface area contributed by atoms with E-state index < -0.39 is 12.1 Å². The Hall–Kier alpha value is -4.04. The third-order valence-corrected chi connectivity index (χ3v) is 5.24. The van der Waals surface area contributed by atoms with E-state index in [9.17, 15) is 4.79 Å². The number of nitrogens with two attached hydrogens (primary N) is 2. The van der Waals surface area contributed by atoms with Crippen LogP contribution in [0.2, 0.25) is 0 Å². The highest BCUT2D eigenvalue weighted by Crippen LogP contribution is 2.23. The summed E-state index contributed by atoms with van der Waals surface area (Å²) >= 11 is 0. The van der Waals surface area contributed by atoms with E-state index in [1.165, 1.54) is 7.11 Å². The van der Waals surface area contributed by atoms with E-state index in [2.05, 4.69) is 5.10 Å². The number of benzene rings is 3. The number of ether oxygens (including phenoxy) is 3. The zero-order valence-corrected chi connectivity index (χ0v) is 19.0. The summed E-state index contributed by atoms with van der Waals surface area (Å²) in [6, 6.07) is 22.9. The number of amidine groups is 1. The van der Waals surface area contributed by atoms with E-state index in [4.69, 9.17) is 30.9 Å². The highest BCUT2D eigenvalue weighted by atomic mass is 16.5. The Bertz CT molecular complexity index is 1080. The van der Waals surface area contributed by atoms with Crippen molar-refractivity contribution < 1.29 is 24.1 Å². The fraction of sp³-hybridized carbons (Fsp3) is 0.231. The number of nitrogens with zero attached hydrogens (tertiary/aromatic N) is 1. The first-order valence-electron chi connectivity index (χ1n) is 10.8. The van der Waals surface area contributed by atoms with Gasteiger partial charge in [-0.2, -0.15) is 5.10 Å². The van der Waals surface area contributed by atoms with Crippen LogP contribution in [0.4, 0.5) is 0 Å². The second-order valence-corrected chi connectivity index (χ2v) is 7.58. The van der Waals surface area contributed by atoms with Crippen LogP contribution in [-0.4, -0.2) is 43.3 Å². The number of aliphatic carboxylic acids is 1. The lowest BCUT2D eigenvalue weighted by Crippen LogP contribution is -2.24. The molecule has 0 heterocycles. The molecule has 0 bridgehead atoms. The first kappa shape index (κ1) is 24.6. The molecular formula is C26H29N3O5. The Morgan fingerprint density at radius 1 is 0.882 bits per heavy atom. The van der Waals surface area contributed by atoms with Gasteiger partial charge in [0.15, 0.2) is 6.10 Å². The van der Waals surface area contributed by atoms with Crippen molar-refractivity contribution >= 4 is 11.8 Å². The normalized spacial score (nSPS) is 12.2. The van der Waals surface area contributed by atoms with Crippen molar-refractivity contribution in [1.29, 1.82) is 0 Å². The number of rotatable bonds is 12. The molecular weight excluding hydrogens is 434 g/mol. The van der Waals surface area contributed by atoms with Gasteiger partial charge in [-0.25, -0.2) is 4.79 Å². The predicted molar refractivity (Wildman–Crippen MR) is 131 cm³/mol. The molecule has 0 fully saturated rings. The summed E-state index contributed by atoms with van der Waals surface area (Å²) in [4.78, 5) is 11.1. The van der Waals surface area contributed by atoms with Crippen molar-refractivity contribution in [1.82, 2.24) is 0 Å². The van der Waals surface area contributed by atoms with Gasteiger partial charge in [0.1, 0.15) is 17.3 Å². The second kappa shape index (κ2) is 12.3. The molecule has 0 amide bonds. The molecule has 0 saturated carbocycles. The van der Waals surface area contributed by atoms with Crippen LogP contribution in [0.15, 0.2) is 77.9 Å². The Morgan fingerprint density at radius 2 is 1.38 bits per heavy atom. The molecule has 0 spiro atoms. The molecule has 1 atom stereocenters. The van der Waals surface area contributed by atoms with Crippen molar-refractivity contribution in [3.63, 3.8) is 0 Å². The summed E-state index contributed by atoms with van der Waals surface area (Å²) in [6.45, 7) is 1.03. The van der Waals surface area contributed by atoms with Crippen LogP contribution < -0.4 is 21.1 Å². The number of carboxylic acid groups (broad SMARTS) is 1. The summed E-state index contributed by atoms with van der Waals surface area (Å²) < 4.78 is 16.5. The van der Waals surface area contributed by atoms with E-state index in [0.717, 1.165) is 40.2 Å². The lowest BCUT2D eigenvalue weighted by atomic mass is 10.0. The Morgan fingerprint density at radius 3 is 1.85 bits per heavy atom. The van der Waals surface area contributed by atoms with Gasteiger partial charge in [0, 0.05) is 25.5 Å². The molecule has 0 saturated heterocycles. The highest BCUT2D eigenvalue weighted by Gasteiger charge is 2.16. The second-order valence-electron chi connectivity index (χ2n) is 7.58. The maximum absolute atomic E-state index is 11.1. The fourth-order valence-corrected chi connectivity index (χ4v) is 3.30. The van der Waals surface area contributed by atoms with Gasteiger partial charge < -0.3 is 30.9 Å². The van der Waals surface area contributed by atoms with Crippen molar-refractivity contribution in [2.24, 2.45) is 16.7 Å². The largest absolute Gasteiger partial charge is 0.493 e. The van der Waals surface area contributed by atoms with E-state index in [1.54, 1.807) is 0 Å². The summed E-state index contributed by atoms with van der Waals surface area (Å²) in [6.07, 6.45) is 0.177. The van der Waals surface area contributed by atoms with Crippen molar-refractivity contribution in [3.8, 4) is 22.6 Å². The number of carbonyl (C=O) groups is 1. The zero-order valence-electron chi connectivity index (χ0n) is 19.0. The van der Waals surface area contributed by atoms with Crippen LogP contribution in [0.3, 0.4) is 0 Å². The van der Waals surface area contributed by atoms with Gasteiger partial charge in [-0.15, -0.1) is 0 Å². The summed E-state index contributed by atoms with van der Waals surface area (Å²) in [5.74, 6) is 6.05. The molecule has 8 heteroatoms. The van der Waals surface area contributed by atoms with E-state index in [-0.39, 0.29) is 0 Å². The molecule has 3 rings (SSSR count). The first-order chi connectivity index (χ1) is 16.5. The van der Waals surface area contributed by atoms with E-state index in [0.29, 0.717) is 25.5 Å². The monoisotopic (exact) mass is 463 g/mol. The number of hydrogen-bond acceptors (Lipinski definition) is 6. The summed E-state index contributed by atoms with van der Waals surface area (Å²) in [5, 5.41) is 12.6. The van der Waals surface area contributed by atoms with Gasteiger partial charge in [-0.3, -0.25) is 0 Å². The van der Waals surface area contributed by atoms with Crippen LogP contribution in [0, 0.1) is 0 Å². The Balaban J connectivity index is 1.40. The van der Waals surface area contributed by atoms with Crippen LogP contribution in [0.25, 0.3) is 11.1 Å². The van der Waals surface area contributed by atoms with Gasteiger partial charge in [-0.1, -0.05) is 48.5 Å². The van der Waals surface area contributed by atoms with E-state index in [1.807, 2.05) is 72.8 Å². The SMILES string of the molecule is COC(Cc1ccc(OCCCOc2ccc(-c3ccc(/C(N)=N/N)cc3)cc2)cc1)C(=O)O. The molecule has 8 nitrogen and oxygen atoms in total. The minimum Gasteiger partial charge on any atom is -0.493 e. The molecule has 178 valence electrons. The summed E-state index contributed by atoms with van der Waals surface area (Å²) in [7, 11) is 1.39. The van der Waals surface area contributed by atoms with Gasteiger partial charge in [0.05, 0.1) is 13.2 Å². The Kier molecular flexibility index (Phi) is 8.88. The average Bonchev–Trinajstić information content (AvgIpc) is 2.87. The molecule has 3 aromatic carbocycles. The van der Waals surface area contributed by atoms with E-state index >= 15 is 0 Å². The van der Waals surface area contributed by atoms with Gasteiger partial charge >= 0.3 is 5.97 Å². The number of methoxy groups -OCH3 is 1. The van der Waals surface area contributed by atoms with Crippen LogP contribution >= 0.6 is 0 Å². The lowest BCUT2D eigenvalue weighted by Gasteiger charge is -2.11. The molecule has 3 aromatic rings. The molecule has 5 N–H and O–H groups in total. The molecule has 1 unspecified atom stereocenters. The third kappa shape index (κ3) is 6.98. The standard InChI is InChI=1S/C26H29N3O5/c1-32-24(26(30)31)17-18-3-11-22(12-4-18)33-15-2-16-34-23-13-9-20(10-14-23)19-5-7-21(8-6-19)25(27)29-28/h3-14,24H,2,15-17,28H2,1H3,(H2,27,29)(H,30,31). The maximum Gasteiger partial charge on any atom is 0.333 e. The molecule has 0 radical (unpaired) electrons. The van der Waals surface area contributed by atoms with Crippen LogP contribution in [-0.2, 0) is 16.0 Å². The quantitative estimate of drug-likeness (QED) is 0.123. The lowest BCUT2D eigenvalue weighted by molar-refractivity contribution is -0.148. The van der Waals surface area contributed by atoms with Crippen LogP contribution in [0.1, 0.15) is 17.5 Å². The van der Waals surface area contributed by atoms with Gasteiger partial charge in [0.2, 0.25) is 0 Å². The maximum atomic E-state index is 11.1. The fourth-order valence-electron chi connectivity index (χ4n) is 3.30. The highest BCUT2D eigenvalue weighted by molar-refractivity contribution is 5.97. The minimum atomic E-state index is -0.976. The third-order valence-electron chi connectivity index (χ3n) is 5.24. The first-order valence-corrected chi connectivity index (χ1v) is 10.8. The molecule has 34 heavy (non-hydrogen) atoms. The van der Waals surface area contributed by atoms with Crippen molar-refractivity contribution in [2.45, 2.75) is 18.9 Å². The topological polar surface area (TPSA) is 129 Å². The number of hydrazone groups is 1. The summed E-state index contributed by atoms with van der Waals surface area (Å²) in [5.41, 5.74) is 9.49. The molecule has 0 aliphatic carbocycles. The van der Waals surface area contributed by atoms with Crippen molar-refractivity contribution in [3.05, 3.63) is 83.9 Å².